The van der Waals surface area contributed by atoms with Crippen LogP contribution in [-0.2, 0) is 6.42 Å². The van der Waals surface area contributed by atoms with Crippen LogP contribution < -0.4 is 5.56 Å². The van der Waals surface area contributed by atoms with E-state index in [1.807, 2.05) is 12.1 Å². The molecule has 1 fully saturated rings. The van der Waals surface area contributed by atoms with Gasteiger partial charge < -0.3 is 9.88 Å². The predicted molar refractivity (Wildman–Crippen MR) is 107 cm³/mol. The van der Waals surface area contributed by atoms with Crippen molar-refractivity contribution in [2.45, 2.75) is 25.2 Å². The van der Waals surface area contributed by atoms with Crippen LogP contribution in [0.2, 0.25) is 0 Å². The predicted octanol–water partition coefficient (Wildman–Crippen LogP) is 3.25. The van der Waals surface area contributed by atoms with E-state index in [9.17, 15) is 4.79 Å². The molecule has 3 heterocycles. The molecule has 5 heteroatoms. The highest BCUT2D eigenvalue weighted by molar-refractivity contribution is 5.57. The lowest BCUT2D eigenvalue weighted by Gasteiger charge is -2.32. The third-order valence-electron chi connectivity index (χ3n) is 5.19. The number of pyridine rings is 1. The Balaban J connectivity index is 1.48. The summed E-state index contributed by atoms with van der Waals surface area (Å²) in [5.74, 6) is 1.07. The van der Waals surface area contributed by atoms with Gasteiger partial charge in [0, 0.05) is 43.0 Å². The van der Waals surface area contributed by atoms with E-state index in [4.69, 9.17) is 4.98 Å². The summed E-state index contributed by atoms with van der Waals surface area (Å²) in [6.07, 6.45) is 6.69. The lowest BCUT2D eigenvalue weighted by molar-refractivity contribution is 0.206. The van der Waals surface area contributed by atoms with Crippen molar-refractivity contribution >= 4 is 0 Å². The van der Waals surface area contributed by atoms with Crippen molar-refractivity contribution in [3.05, 3.63) is 82.7 Å². The number of likely N-dealkylation sites (tertiary alicyclic amines) is 1. The van der Waals surface area contributed by atoms with E-state index in [1.54, 1.807) is 18.5 Å². The zero-order valence-electron chi connectivity index (χ0n) is 15.3. The van der Waals surface area contributed by atoms with Gasteiger partial charge in [0.1, 0.15) is 5.82 Å². The molecule has 0 spiro atoms. The number of aromatic amines is 1. The van der Waals surface area contributed by atoms with Crippen LogP contribution in [0.3, 0.4) is 0 Å². The van der Waals surface area contributed by atoms with E-state index in [2.05, 4.69) is 45.2 Å². The van der Waals surface area contributed by atoms with Gasteiger partial charge in [-0.3, -0.25) is 9.78 Å². The first-order valence-electron chi connectivity index (χ1n) is 9.56. The molecule has 0 unspecified atom stereocenters. The highest BCUT2D eigenvalue weighted by atomic mass is 16.1. The Morgan fingerprint density at radius 1 is 1.11 bits per heavy atom. The first-order chi connectivity index (χ1) is 13.3. The molecule has 1 aliphatic rings. The molecule has 0 amide bonds. The molecule has 4 rings (SSSR count). The van der Waals surface area contributed by atoms with Crippen LogP contribution in [0.4, 0.5) is 0 Å². The van der Waals surface area contributed by atoms with Gasteiger partial charge in [-0.05, 0) is 43.5 Å². The normalized spacial score (nSPS) is 17.7. The molecule has 1 atom stereocenters. The topological polar surface area (TPSA) is 61.9 Å². The van der Waals surface area contributed by atoms with Crippen LogP contribution in [0.25, 0.3) is 11.3 Å². The highest BCUT2D eigenvalue weighted by Gasteiger charge is 2.23. The Kier molecular flexibility index (Phi) is 5.39. The van der Waals surface area contributed by atoms with E-state index in [0.717, 1.165) is 56.0 Å². The summed E-state index contributed by atoms with van der Waals surface area (Å²) in [5.41, 5.74) is 2.92. The largest absolute Gasteiger partial charge is 0.310 e. The number of aromatic nitrogens is 3. The first kappa shape index (κ1) is 17.6. The minimum Gasteiger partial charge on any atom is -0.310 e. The number of rotatable bonds is 5. The molecule has 27 heavy (non-hydrogen) atoms. The SMILES string of the molecule is O=c1cc(-c2ccncc2)nc([C@H]2CCCN(CCc3ccccc3)C2)[nH]1. The van der Waals surface area contributed by atoms with Crippen LogP contribution in [0, 0.1) is 0 Å². The van der Waals surface area contributed by atoms with Crippen LogP contribution in [0.1, 0.15) is 30.1 Å². The molecule has 0 saturated carbocycles. The minimum atomic E-state index is -0.0896. The van der Waals surface area contributed by atoms with Gasteiger partial charge in [0.25, 0.3) is 5.56 Å². The highest BCUT2D eigenvalue weighted by Crippen LogP contribution is 2.25. The summed E-state index contributed by atoms with van der Waals surface area (Å²) in [6.45, 7) is 3.09. The quantitative estimate of drug-likeness (QED) is 0.759. The maximum absolute atomic E-state index is 12.2. The second kappa shape index (κ2) is 8.27. The van der Waals surface area contributed by atoms with E-state index in [0.29, 0.717) is 0 Å². The molecule has 3 aromatic rings. The van der Waals surface area contributed by atoms with Crippen molar-refractivity contribution in [1.82, 2.24) is 19.9 Å². The van der Waals surface area contributed by atoms with Gasteiger partial charge in [-0.1, -0.05) is 30.3 Å². The number of nitrogens with zero attached hydrogens (tertiary/aromatic N) is 3. The average molecular weight is 360 g/mol. The van der Waals surface area contributed by atoms with Crippen LogP contribution in [0.15, 0.2) is 65.7 Å². The van der Waals surface area contributed by atoms with Crippen molar-refractivity contribution in [2.75, 3.05) is 19.6 Å². The molecule has 5 nitrogen and oxygen atoms in total. The smallest absolute Gasteiger partial charge is 0.251 e. The van der Waals surface area contributed by atoms with Gasteiger partial charge in [0.2, 0.25) is 0 Å². The summed E-state index contributed by atoms with van der Waals surface area (Å²) in [5, 5.41) is 0. The maximum Gasteiger partial charge on any atom is 0.251 e. The van der Waals surface area contributed by atoms with E-state index >= 15 is 0 Å². The van der Waals surface area contributed by atoms with E-state index in [1.165, 1.54) is 5.56 Å². The van der Waals surface area contributed by atoms with Gasteiger partial charge in [0.15, 0.2) is 0 Å². The molecule has 1 N–H and O–H groups in total. The summed E-state index contributed by atoms with van der Waals surface area (Å²) in [7, 11) is 0. The van der Waals surface area contributed by atoms with Gasteiger partial charge in [-0.25, -0.2) is 4.98 Å². The number of benzene rings is 1. The number of piperidine rings is 1. The van der Waals surface area contributed by atoms with E-state index in [-0.39, 0.29) is 11.5 Å². The summed E-state index contributed by atoms with van der Waals surface area (Å²) >= 11 is 0. The van der Waals surface area contributed by atoms with Gasteiger partial charge >= 0.3 is 0 Å². The average Bonchev–Trinajstić information content (AvgIpc) is 2.73. The number of hydrogen-bond acceptors (Lipinski definition) is 4. The fourth-order valence-corrected chi connectivity index (χ4v) is 3.75. The molecule has 1 aliphatic heterocycles. The summed E-state index contributed by atoms with van der Waals surface area (Å²) in [6, 6.07) is 15.9. The van der Waals surface area contributed by atoms with Crippen LogP contribution in [-0.4, -0.2) is 39.5 Å². The van der Waals surface area contributed by atoms with Crippen LogP contribution in [0.5, 0.6) is 0 Å². The summed E-state index contributed by atoms with van der Waals surface area (Å²) in [4.78, 5) is 26.5. The second-order valence-electron chi connectivity index (χ2n) is 7.13. The zero-order chi connectivity index (χ0) is 18.5. The molecule has 0 bridgehead atoms. The molecule has 0 aliphatic carbocycles. The molecule has 2 aromatic heterocycles. The number of H-pyrrole nitrogens is 1. The lowest BCUT2D eigenvalue weighted by atomic mass is 9.96. The van der Waals surface area contributed by atoms with Crippen molar-refractivity contribution in [3.8, 4) is 11.3 Å². The third kappa shape index (κ3) is 4.49. The van der Waals surface area contributed by atoms with Gasteiger partial charge in [-0.2, -0.15) is 0 Å². The third-order valence-corrected chi connectivity index (χ3v) is 5.19. The zero-order valence-corrected chi connectivity index (χ0v) is 15.3. The Bertz CT molecular complexity index is 924. The summed E-state index contributed by atoms with van der Waals surface area (Å²) < 4.78 is 0. The monoisotopic (exact) mass is 360 g/mol. The van der Waals surface area contributed by atoms with Gasteiger partial charge in [-0.15, -0.1) is 0 Å². The Hall–Kier alpha value is -2.79. The Labute approximate surface area is 159 Å². The number of hydrogen-bond donors (Lipinski definition) is 1. The lowest BCUT2D eigenvalue weighted by Crippen LogP contribution is -2.36. The second-order valence-corrected chi connectivity index (χ2v) is 7.13. The van der Waals surface area contributed by atoms with Crippen molar-refractivity contribution in [2.24, 2.45) is 0 Å². The van der Waals surface area contributed by atoms with Crippen molar-refractivity contribution in [3.63, 3.8) is 0 Å². The Morgan fingerprint density at radius 2 is 1.93 bits per heavy atom. The fraction of sp³-hybridized carbons (Fsp3) is 0.318. The molecule has 1 aromatic carbocycles. The Morgan fingerprint density at radius 3 is 2.74 bits per heavy atom. The van der Waals surface area contributed by atoms with Gasteiger partial charge in [0.05, 0.1) is 5.69 Å². The minimum absolute atomic E-state index is 0.0896. The number of nitrogens with one attached hydrogen (secondary N) is 1. The van der Waals surface area contributed by atoms with Crippen LogP contribution >= 0.6 is 0 Å². The first-order valence-corrected chi connectivity index (χ1v) is 9.56. The molecule has 0 radical (unpaired) electrons. The molecular weight excluding hydrogens is 336 g/mol. The fourth-order valence-electron chi connectivity index (χ4n) is 3.75. The van der Waals surface area contributed by atoms with Crippen molar-refractivity contribution < 1.29 is 0 Å². The van der Waals surface area contributed by atoms with E-state index < -0.39 is 0 Å². The maximum atomic E-state index is 12.2. The molecule has 138 valence electrons. The molecule has 1 saturated heterocycles. The van der Waals surface area contributed by atoms with Crippen molar-refractivity contribution in [1.29, 1.82) is 0 Å². The standard InChI is InChI=1S/C22H24N4O/c27-21-15-20(18-8-11-23-12-9-18)24-22(25-21)19-7-4-13-26(16-19)14-10-17-5-2-1-3-6-17/h1-3,5-6,8-9,11-12,15,19H,4,7,10,13-14,16H2,(H,24,25,27)/t19-/m0/s1. The molecular formula is C22H24N4O.